The highest BCUT2D eigenvalue weighted by Crippen LogP contribution is 2.34. The molecule has 0 heterocycles. The van der Waals surface area contributed by atoms with Crippen molar-refractivity contribution in [1.82, 2.24) is 4.90 Å². The average molecular weight is 515 g/mol. The van der Waals surface area contributed by atoms with Gasteiger partial charge in [-0.05, 0) is 54.4 Å². The maximum absolute atomic E-state index is 13.4. The van der Waals surface area contributed by atoms with Crippen molar-refractivity contribution in [2.24, 2.45) is 0 Å². The number of carbonyl (C=O) groups is 3. The molecule has 0 saturated heterocycles. The highest BCUT2D eigenvalue weighted by atomic mass is 19.4. The van der Waals surface area contributed by atoms with Crippen molar-refractivity contribution in [3.05, 3.63) is 94.5 Å². The van der Waals surface area contributed by atoms with Crippen molar-refractivity contribution >= 4 is 23.5 Å². The summed E-state index contributed by atoms with van der Waals surface area (Å²) in [4.78, 5) is 37.9. The Morgan fingerprint density at radius 2 is 1.62 bits per heavy atom. The number of carboxylic acid groups (broad SMARTS) is 1. The van der Waals surface area contributed by atoms with Gasteiger partial charge >= 0.3 is 12.1 Å². The van der Waals surface area contributed by atoms with Crippen molar-refractivity contribution in [2.75, 3.05) is 19.0 Å². The van der Waals surface area contributed by atoms with Gasteiger partial charge in [0, 0.05) is 17.8 Å². The van der Waals surface area contributed by atoms with Crippen LogP contribution < -0.4 is 10.1 Å². The SMILES string of the molecule is COc1ccc(CC(=O)Nc2ccc(C(=O)N(CC(=O)O)Cc3ccc(C)cc3)cc2)c(C(F)(F)F)c1. The van der Waals surface area contributed by atoms with Crippen molar-refractivity contribution < 1.29 is 37.4 Å². The third-order valence-corrected chi connectivity index (χ3v) is 5.50. The first-order valence-electron chi connectivity index (χ1n) is 11.2. The fourth-order valence-corrected chi connectivity index (χ4v) is 3.63. The van der Waals surface area contributed by atoms with Crippen LogP contribution in [0.15, 0.2) is 66.7 Å². The lowest BCUT2D eigenvalue weighted by Gasteiger charge is -2.21. The van der Waals surface area contributed by atoms with Crippen LogP contribution in [0.25, 0.3) is 0 Å². The van der Waals surface area contributed by atoms with E-state index in [4.69, 9.17) is 4.74 Å². The summed E-state index contributed by atoms with van der Waals surface area (Å²) < 4.78 is 45.1. The number of aryl methyl sites for hydroxylation is 1. The second-order valence-corrected chi connectivity index (χ2v) is 8.36. The summed E-state index contributed by atoms with van der Waals surface area (Å²) in [6, 6.07) is 16.4. The van der Waals surface area contributed by atoms with E-state index < -0.39 is 42.5 Å². The van der Waals surface area contributed by atoms with E-state index in [1.807, 2.05) is 31.2 Å². The van der Waals surface area contributed by atoms with Crippen LogP contribution >= 0.6 is 0 Å². The van der Waals surface area contributed by atoms with Crippen LogP contribution in [0.3, 0.4) is 0 Å². The van der Waals surface area contributed by atoms with E-state index in [2.05, 4.69) is 5.32 Å². The number of nitrogens with one attached hydrogen (secondary N) is 1. The molecular formula is C27H25F3N2O5. The van der Waals surface area contributed by atoms with Gasteiger partial charge in [-0.15, -0.1) is 0 Å². The monoisotopic (exact) mass is 514 g/mol. The number of amides is 2. The van der Waals surface area contributed by atoms with Crippen molar-refractivity contribution in [3.8, 4) is 5.75 Å². The quantitative estimate of drug-likeness (QED) is 0.422. The highest BCUT2D eigenvalue weighted by Gasteiger charge is 2.34. The Kier molecular flexibility index (Phi) is 8.54. The summed E-state index contributed by atoms with van der Waals surface area (Å²) in [5, 5.41) is 11.8. The zero-order chi connectivity index (χ0) is 27.2. The Morgan fingerprint density at radius 1 is 0.973 bits per heavy atom. The zero-order valence-electron chi connectivity index (χ0n) is 20.1. The van der Waals surface area contributed by atoms with Crippen LogP contribution in [-0.4, -0.2) is 41.4 Å². The van der Waals surface area contributed by atoms with E-state index in [0.29, 0.717) is 0 Å². The fraction of sp³-hybridized carbons (Fsp3) is 0.222. The maximum atomic E-state index is 13.4. The Balaban J connectivity index is 1.70. The lowest BCUT2D eigenvalue weighted by molar-refractivity contribution is -0.139. The van der Waals surface area contributed by atoms with Gasteiger partial charge in [0.05, 0.1) is 19.1 Å². The molecule has 10 heteroatoms. The molecule has 0 aliphatic rings. The van der Waals surface area contributed by atoms with Gasteiger partial charge in [0.2, 0.25) is 5.91 Å². The number of ether oxygens (including phenoxy) is 1. The smallest absolute Gasteiger partial charge is 0.416 e. The summed E-state index contributed by atoms with van der Waals surface area (Å²) in [6.45, 7) is 1.50. The van der Waals surface area contributed by atoms with Gasteiger partial charge in [0.15, 0.2) is 0 Å². The molecule has 0 aliphatic heterocycles. The number of carboxylic acids is 1. The van der Waals surface area contributed by atoms with Crippen LogP contribution in [0.5, 0.6) is 5.75 Å². The summed E-state index contributed by atoms with van der Waals surface area (Å²) in [6.07, 6.45) is -5.19. The third-order valence-electron chi connectivity index (χ3n) is 5.50. The number of carbonyl (C=O) groups excluding carboxylic acids is 2. The van der Waals surface area contributed by atoms with Gasteiger partial charge in [-0.3, -0.25) is 14.4 Å². The molecule has 2 amide bonds. The number of hydrogen-bond donors (Lipinski definition) is 2. The Bertz CT molecular complexity index is 1270. The standard InChI is InChI=1S/C27H25F3N2O5/c1-17-3-5-18(6-4-17)15-32(16-25(34)35)26(36)19-7-10-21(11-8-19)31-24(33)13-20-9-12-22(37-2)14-23(20)27(28,29)30/h3-12,14H,13,15-16H2,1-2H3,(H,31,33)(H,34,35). The molecule has 0 bridgehead atoms. The number of anilines is 1. The average Bonchev–Trinajstić information content (AvgIpc) is 2.84. The molecule has 3 aromatic carbocycles. The van der Waals surface area contributed by atoms with Crippen LogP contribution in [0, 0.1) is 6.92 Å². The van der Waals surface area contributed by atoms with Gasteiger partial charge in [-0.2, -0.15) is 13.2 Å². The number of alkyl halides is 3. The number of nitrogens with zero attached hydrogens (tertiary/aromatic N) is 1. The fourth-order valence-electron chi connectivity index (χ4n) is 3.63. The lowest BCUT2D eigenvalue weighted by atomic mass is 10.0. The number of rotatable bonds is 9. The predicted octanol–water partition coefficient (Wildman–Crippen LogP) is 4.93. The predicted molar refractivity (Wildman–Crippen MR) is 130 cm³/mol. The molecule has 0 aliphatic carbocycles. The topological polar surface area (TPSA) is 95.9 Å². The molecule has 0 saturated carbocycles. The first-order chi connectivity index (χ1) is 17.5. The molecular weight excluding hydrogens is 489 g/mol. The normalized spacial score (nSPS) is 11.1. The van der Waals surface area contributed by atoms with Crippen LogP contribution in [-0.2, 0) is 28.7 Å². The molecule has 0 fully saturated rings. The second-order valence-electron chi connectivity index (χ2n) is 8.36. The molecule has 0 aromatic heterocycles. The summed E-state index contributed by atoms with van der Waals surface area (Å²) >= 11 is 0. The van der Waals surface area contributed by atoms with E-state index in [-0.39, 0.29) is 29.1 Å². The van der Waals surface area contributed by atoms with Gasteiger partial charge < -0.3 is 20.1 Å². The summed E-state index contributed by atoms with van der Waals surface area (Å²) in [5.41, 5.74) is 1.08. The van der Waals surface area contributed by atoms with Crippen molar-refractivity contribution in [2.45, 2.75) is 26.1 Å². The number of methoxy groups -OCH3 is 1. The first kappa shape index (κ1) is 27.3. The van der Waals surface area contributed by atoms with Gasteiger partial charge in [0.25, 0.3) is 5.91 Å². The minimum atomic E-state index is -4.66. The number of aliphatic carboxylic acids is 1. The minimum Gasteiger partial charge on any atom is -0.497 e. The van der Waals surface area contributed by atoms with Gasteiger partial charge in [0.1, 0.15) is 12.3 Å². The molecule has 7 nitrogen and oxygen atoms in total. The molecule has 0 radical (unpaired) electrons. The number of benzene rings is 3. The Labute approximate surface area is 211 Å². The molecule has 194 valence electrons. The Morgan fingerprint density at radius 3 is 2.19 bits per heavy atom. The number of hydrogen-bond acceptors (Lipinski definition) is 4. The van der Waals surface area contributed by atoms with E-state index in [1.54, 1.807) is 0 Å². The zero-order valence-corrected chi connectivity index (χ0v) is 20.1. The van der Waals surface area contributed by atoms with Crippen LogP contribution in [0.1, 0.15) is 32.6 Å². The van der Waals surface area contributed by atoms with Gasteiger partial charge in [-0.25, -0.2) is 0 Å². The van der Waals surface area contributed by atoms with Crippen molar-refractivity contribution in [1.29, 1.82) is 0 Å². The number of halogens is 3. The summed E-state index contributed by atoms with van der Waals surface area (Å²) in [5.74, 6) is -2.34. The van der Waals surface area contributed by atoms with E-state index in [1.165, 1.54) is 48.4 Å². The van der Waals surface area contributed by atoms with Crippen LogP contribution in [0.2, 0.25) is 0 Å². The van der Waals surface area contributed by atoms with E-state index in [9.17, 15) is 32.7 Å². The van der Waals surface area contributed by atoms with Crippen molar-refractivity contribution in [3.63, 3.8) is 0 Å². The first-order valence-corrected chi connectivity index (χ1v) is 11.2. The van der Waals surface area contributed by atoms with Gasteiger partial charge in [-0.1, -0.05) is 35.9 Å². The van der Waals surface area contributed by atoms with E-state index in [0.717, 1.165) is 17.2 Å². The molecule has 0 atom stereocenters. The second kappa shape index (κ2) is 11.6. The van der Waals surface area contributed by atoms with E-state index >= 15 is 0 Å². The van der Waals surface area contributed by atoms with Crippen LogP contribution in [0.4, 0.5) is 18.9 Å². The minimum absolute atomic E-state index is 0.0241. The molecule has 0 spiro atoms. The Hall–Kier alpha value is -4.34. The molecule has 3 rings (SSSR count). The largest absolute Gasteiger partial charge is 0.497 e. The molecule has 37 heavy (non-hydrogen) atoms. The molecule has 0 unspecified atom stereocenters. The lowest BCUT2D eigenvalue weighted by Crippen LogP contribution is -2.35. The summed E-state index contributed by atoms with van der Waals surface area (Å²) in [7, 11) is 1.25. The molecule has 2 N–H and O–H groups in total. The maximum Gasteiger partial charge on any atom is 0.416 e. The molecule has 3 aromatic rings. The highest BCUT2D eigenvalue weighted by molar-refractivity contribution is 5.97. The third kappa shape index (κ3) is 7.57.